The minimum atomic E-state index is -3.10. The molecule has 1 aromatic carbocycles. The third-order valence-corrected chi connectivity index (χ3v) is 4.12. The van der Waals surface area contributed by atoms with Crippen LogP contribution in [0.2, 0.25) is 0 Å². The van der Waals surface area contributed by atoms with E-state index in [2.05, 4.69) is 0 Å². The molecule has 0 spiro atoms. The van der Waals surface area contributed by atoms with Gasteiger partial charge in [-0.25, -0.2) is 0 Å². The second kappa shape index (κ2) is 4.60. The van der Waals surface area contributed by atoms with Crippen molar-refractivity contribution in [3.8, 4) is 0 Å². The second-order valence-electron chi connectivity index (χ2n) is 5.56. The summed E-state index contributed by atoms with van der Waals surface area (Å²) in [6, 6.07) is 5.94. The van der Waals surface area contributed by atoms with Crippen LogP contribution in [0.1, 0.15) is 33.6 Å². The molecule has 2 saturated heterocycles. The van der Waals surface area contributed by atoms with Gasteiger partial charge in [-0.3, -0.25) is 24.0 Å². The SMILES string of the molecule is O=C1C[C+]2CC(=O)O[B-]2(C(=O)ON2C(=O)c3ccccc3C2=O)O1. The molecule has 0 N–H and O–H groups in total. The zero-order valence-corrected chi connectivity index (χ0v) is 12.0. The molecule has 3 aliphatic rings. The fraction of sp³-hybridized carbons (Fsp3) is 0.143. The molecule has 4 rings (SSSR count). The molecule has 10 heteroatoms. The van der Waals surface area contributed by atoms with Crippen molar-refractivity contribution in [1.29, 1.82) is 0 Å². The summed E-state index contributed by atoms with van der Waals surface area (Å²) < 4.78 is 9.77. The number of hydrogen-bond donors (Lipinski definition) is 0. The fourth-order valence-electron chi connectivity index (χ4n) is 3.02. The smallest absolute Gasteiger partial charge is 0.606 e. The van der Waals surface area contributed by atoms with Crippen LogP contribution < -0.4 is 0 Å². The molecule has 0 saturated carbocycles. The predicted molar refractivity (Wildman–Crippen MR) is 73.8 cm³/mol. The first-order chi connectivity index (χ1) is 11.4. The number of rotatable bonds is 2. The van der Waals surface area contributed by atoms with E-state index in [4.69, 9.17) is 14.1 Å². The number of hydrogen-bond acceptors (Lipinski definition) is 8. The van der Waals surface area contributed by atoms with Gasteiger partial charge in [-0.15, -0.1) is 0 Å². The van der Waals surface area contributed by atoms with Crippen LogP contribution in [0.5, 0.6) is 0 Å². The van der Waals surface area contributed by atoms with Crippen molar-refractivity contribution in [1.82, 2.24) is 5.06 Å². The highest BCUT2D eigenvalue weighted by atomic mass is 16.8. The minimum absolute atomic E-state index is 0.0799. The number of imide groups is 1. The molecule has 9 nitrogen and oxygen atoms in total. The molecular weight excluding hydrogens is 321 g/mol. The highest BCUT2D eigenvalue weighted by Gasteiger charge is 2.72. The lowest BCUT2D eigenvalue weighted by atomic mass is 9.49. The number of benzene rings is 1. The molecule has 0 radical (unpaired) electrons. The first-order valence-electron chi connectivity index (χ1n) is 7.05. The van der Waals surface area contributed by atoms with Crippen LogP contribution in [0.4, 0.5) is 4.79 Å². The van der Waals surface area contributed by atoms with E-state index in [0.29, 0.717) is 0 Å². The van der Waals surface area contributed by atoms with Crippen molar-refractivity contribution in [3.05, 3.63) is 41.2 Å². The van der Waals surface area contributed by atoms with Gasteiger partial charge >= 0.3 is 24.4 Å². The van der Waals surface area contributed by atoms with E-state index < -0.39 is 36.2 Å². The molecular formula is C14H8BNO8. The molecule has 3 aliphatic heterocycles. The van der Waals surface area contributed by atoms with Crippen LogP contribution in [-0.4, -0.2) is 41.2 Å². The maximum absolute atomic E-state index is 12.4. The van der Waals surface area contributed by atoms with Crippen LogP contribution in [0.15, 0.2) is 24.3 Å². The Labute approximate surface area is 134 Å². The number of hydroxylamine groups is 2. The largest absolute Gasteiger partial charge is 0.666 e. The van der Waals surface area contributed by atoms with Gasteiger partial charge in [0.2, 0.25) is 0 Å². The standard InChI is InChI=1S/C14H8BNO8/c17-10-5-7-6-11(18)23-15(7,22-10)14(21)24-16-12(19)8-3-1-2-4-9(8)13(16)20/h1-4H,5-6H2. The number of amides is 2. The maximum atomic E-state index is 12.4. The molecule has 0 unspecified atom stereocenters. The number of nitrogens with zero attached hydrogens (tertiary/aromatic N) is 1. The van der Waals surface area contributed by atoms with Crippen LogP contribution in [0.3, 0.4) is 0 Å². The van der Waals surface area contributed by atoms with E-state index in [-0.39, 0.29) is 34.8 Å². The van der Waals surface area contributed by atoms with Gasteiger partial charge in [-0.05, 0) is 12.1 Å². The third kappa shape index (κ3) is 1.76. The van der Waals surface area contributed by atoms with Crippen LogP contribution in [-0.2, 0) is 23.7 Å². The van der Waals surface area contributed by atoms with Gasteiger partial charge in [0.25, 0.3) is 11.8 Å². The van der Waals surface area contributed by atoms with Gasteiger partial charge in [0.15, 0.2) is 0 Å². The lowest BCUT2D eigenvalue weighted by molar-refractivity contribution is -0.138. The molecule has 3 heterocycles. The van der Waals surface area contributed by atoms with E-state index in [9.17, 15) is 24.0 Å². The fourth-order valence-corrected chi connectivity index (χ4v) is 3.02. The van der Waals surface area contributed by atoms with Crippen LogP contribution >= 0.6 is 0 Å². The summed E-state index contributed by atoms with van der Waals surface area (Å²) in [7, 11) is 0. The topological polar surface area (TPSA) is 116 Å². The van der Waals surface area contributed by atoms with Crippen molar-refractivity contribution < 1.29 is 38.1 Å². The maximum Gasteiger partial charge on any atom is 0.666 e. The summed E-state index contributed by atoms with van der Waals surface area (Å²) in [6.45, 7) is -3.10. The summed E-state index contributed by atoms with van der Waals surface area (Å²) in [5.41, 5.74) is 0.160. The zero-order chi connectivity index (χ0) is 17.1. The number of carbonyl (C=O) groups excluding carboxylic acids is 5. The summed E-state index contributed by atoms with van der Waals surface area (Å²) >= 11 is 0. The van der Waals surface area contributed by atoms with E-state index in [0.717, 1.165) is 0 Å². The summed E-state index contributed by atoms with van der Waals surface area (Å²) in [6.07, 6.45) is -0.494. The molecule has 2 amide bonds. The average Bonchev–Trinajstić information content (AvgIpc) is 3.10. The second-order valence-corrected chi connectivity index (χ2v) is 5.56. The lowest BCUT2D eigenvalue weighted by Crippen LogP contribution is -2.52. The molecule has 120 valence electrons. The van der Waals surface area contributed by atoms with Crippen molar-refractivity contribution in [2.75, 3.05) is 0 Å². The Morgan fingerprint density at radius 2 is 1.50 bits per heavy atom. The minimum Gasteiger partial charge on any atom is -0.606 e. The number of carbonyl (C=O) groups is 5. The van der Waals surface area contributed by atoms with Gasteiger partial charge < -0.3 is 14.1 Å². The quantitative estimate of drug-likeness (QED) is 0.434. The lowest BCUT2D eigenvalue weighted by Gasteiger charge is -2.24. The van der Waals surface area contributed by atoms with Gasteiger partial charge in [0, 0.05) is 5.82 Å². The molecule has 2 fully saturated rings. The van der Waals surface area contributed by atoms with E-state index in [1.54, 1.807) is 12.1 Å². The predicted octanol–water partition coefficient (Wildman–Crippen LogP) is 0.366. The number of fused-ring (bicyclic) bond motifs is 2. The monoisotopic (exact) mass is 329 g/mol. The Morgan fingerprint density at radius 3 is 2.00 bits per heavy atom. The van der Waals surface area contributed by atoms with Gasteiger partial charge in [0.1, 0.15) is 12.8 Å². The van der Waals surface area contributed by atoms with E-state index >= 15 is 0 Å². The van der Waals surface area contributed by atoms with Crippen LogP contribution in [0.25, 0.3) is 0 Å². The summed E-state index contributed by atoms with van der Waals surface area (Å²) in [5, 5.41) is 0.277. The van der Waals surface area contributed by atoms with Crippen molar-refractivity contribution in [2.45, 2.75) is 12.8 Å². The first-order valence-corrected chi connectivity index (χ1v) is 7.05. The van der Waals surface area contributed by atoms with E-state index in [1.807, 2.05) is 0 Å². The normalized spacial score (nSPS) is 20.7. The summed E-state index contributed by atoms with van der Waals surface area (Å²) in [4.78, 5) is 64.5. The average molecular weight is 329 g/mol. The van der Waals surface area contributed by atoms with Gasteiger partial charge in [-0.1, -0.05) is 17.2 Å². The van der Waals surface area contributed by atoms with E-state index in [1.165, 1.54) is 12.1 Å². The van der Waals surface area contributed by atoms with Crippen molar-refractivity contribution in [3.63, 3.8) is 0 Å². The Hall–Kier alpha value is -3.30. The highest BCUT2D eigenvalue weighted by Crippen LogP contribution is 2.41. The van der Waals surface area contributed by atoms with Gasteiger partial charge in [0.05, 0.1) is 11.1 Å². The van der Waals surface area contributed by atoms with Gasteiger partial charge in [-0.2, -0.15) is 0 Å². The Balaban J connectivity index is 1.61. The van der Waals surface area contributed by atoms with Crippen molar-refractivity contribution in [2.24, 2.45) is 0 Å². The Kier molecular flexibility index (Phi) is 2.74. The first kappa shape index (κ1) is 14.3. The molecule has 0 aromatic heterocycles. The zero-order valence-electron chi connectivity index (χ0n) is 12.0. The van der Waals surface area contributed by atoms with Crippen molar-refractivity contribution >= 4 is 36.2 Å². The third-order valence-electron chi connectivity index (χ3n) is 4.12. The van der Waals surface area contributed by atoms with Crippen LogP contribution in [0, 0.1) is 5.82 Å². The molecule has 0 bridgehead atoms. The highest BCUT2D eigenvalue weighted by molar-refractivity contribution is 7.03. The molecule has 1 aromatic rings. The molecule has 0 atom stereocenters. The molecule has 24 heavy (non-hydrogen) atoms. The Bertz CT molecular complexity index is 779. The Morgan fingerprint density at radius 1 is 1.00 bits per heavy atom. The summed E-state index contributed by atoms with van der Waals surface area (Å²) in [5.74, 6) is -4.26. The molecule has 0 aliphatic carbocycles.